The van der Waals surface area contributed by atoms with Crippen LogP contribution in [0.5, 0.6) is 5.75 Å². The molecule has 0 heterocycles. The summed E-state index contributed by atoms with van der Waals surface area (Å²) >= 11 is 0. The van der Waals surface area contributed by atoms with E-state index < -0.39 is 0 Å². The number of hydrogen-bond acceptors (Lipinski definition) is 3. The maximum atomic E-state index is 11.1. The predicted molar refractivity (Wildman–Crippen MR) is 48.4 cm³/mol. The van der Waals surface area contributed by atoms with Crippen LogP contribution in [0.15, 0.2) is 18.2 Å². The molecule has 0 saturated heterocycles. The van der Waals surface area contributed by atoms with Gasteiger partial charge in [0.1, 0.15) is 12.0 Å². The van der Waals surface area contributed by atoms with Crippen LogP contribution < -0.4 is 4.74 Å². The molecule has 0 aliphatic carbocycles. The number of Topliss-reactive ketones (excluding diaryl/α,β-unsaturated/α-hetero) is 1. The van der Waals surface area contributed by atoms with Gasteiger partial charge >= 0.3 is 0 Å². The minimum Gasteiger partial charge on any atom is -0.496 e. The van der Waals surface area contributed by atoms with Gasteiger partial charge < -0.3 is 4.74 Å². The molecule has 1 rings (SSSR count). The molecule has 0 saturated carbocycles. The minimum atomic E-state index is -0.111. The van der Waals surface area contributed by atoms with E-state index in [4.69, 9.17) is 4.74 Å². The highest BCUT2D eigenvalue weighted by molar-refractivity contribution is 5.98. The first kappa shape index (κ1) is 9.45. The summed E-state index contributed by atoms with van der Waals surface area (Å²) in [5.74, 6) is 0.388. The largest absolute Gasteiger partial charge is 0.496 e. The fourth-order valence-electron chi connectivity index (χ4n) is 1.07. The summed E-state index contributed by atoms with van der Waals surface area (Å²) in [7, 11) is 1.49. The van der Waals surface area contributed by atoms with Crippen LogP contribution in [0, 0.1) is 0 Å². The molecule has 1 aromatic carbocycles. The lowest BCUT2D eigenvalue weighted by Crippen LogP contribution is -1.98. The Balaban J connectivity index is 3.25. The van der Waals surface area contributed by atoms with Gasteiger partial charge in [-0.15, -0.1) is 0 Å². The molecule has 1 aromatic rings. The van der Waals surface area contributed by atoms with Gasteiger partial charge in [-0.2, -0.15) is 0 Å². The van der Waals surface area contributed by atoms with Crippen molar-refractivity contribution in [3.05, 3.63) is 29.3 Å². The van der Waals surface area contributed by atoms with Crippen LogP contribution in [0.3, 0.4) is 0 Å². The van der Waals surface area contributed by atoms with Gasteiger partial charge in [0.2, 0.25) is 0 Å². The van der Waals surface area contributed by atoms with Crippen LogP contribution in [-0.2, 0) is 0 Å². The monoisotopic (exact) mass is 178 g/mol. The highest BCUT2D eigenvalue weighted by Gasteiger charge is 2.07. The lowest BCUT2D eigenvalue weighted by atomic mass is 10.1. The number of ketones is 1. The zero-order valence-electron chi connectivity index (χ0n) is 7.53. The summed E-state index contributed by atoms with van der Waals surface area (Å²) in [6.07, 6.45) is 0.700. The van der Waals surface area contributed by atoms with Gasteiger partial charge in [0.15, 0.2) is 5.78 Å². The molecule has 68 valence electrons. The van der Waals surface area contributed by atoms with E-state index in [0.717, 1.165) is 0 Å². The Hall–Kier alpha value is -1.64. The van der Waals surface area contributed by atoms with Crippen LogP contribution in [-0.4, -0.2) is 19.2 Å². The summed E-state index contributed by atoms with van der Waals surface area (Å²) < 4.78 is 4.97. The third-order valence-electron chi connectivity index (χ3n) is 1.74. The van der Waals surface area contributed by atoms with Crippen molar-refractivity contribution >= 4 is 12.1 Å². The normalized spacial score (nSPS) is 9.38. The van der Waals surface area contributed by atoms with E-state index in [9.17, 15) is 9.59 Å². The SMILES string of the molecule is COc1ccc(C=O)cc1C(C)=O. The lowest BCUT2D eigenvalue weighted by Gasteiger charge is -2.05. The smallest absolute Gasteiger partial charge is 0.163 e. The van der Waals surface area contributed by atoms with Gasteiger partial charge in [-0.3, -0.25) is 9.59 Å². The van der Waals surface area contributed by atoms with Gasteiger partial charge in [0, 0.05) is 5.56 Å². The van der Waals surface area contributed by atoms with E-state index in [1.807, 2.05) is 0 Å². The fraction of sp³-hybridized carbons (Fsp3) is 0.200. The molecule has 3 nitrogen and oxygen atoms in total. The molecular formula is C10H10O3. The van der Waals surface area contributed by atoms with Crippen molar-refractivity contribution in [2.75, 3.05) is 7.11 Å². The molecule has 0 aliphatic rings. The number of carbonyl (C=O) groups is 2. The van der Waals surface area contributed by atoms with Gasteiger partial charge in [0.25, 0.3) is 0 Å². The van der Waals surface area contributed by atoms with E-state index in [0.29, 0.717) is 23.2 Å². The maximum absolute atomic E-state index is 11.1. The maximum Gasteiger partial charge on any atom is 0.163 e. The molecule has 0 aromatic heterocycles. The second-order valence-corrected chi connectivity index (χ2v) is 2.63. The third kappa shape index (κ3) is 1.93. The number of ether oxygens (including phenoxy) is 1. The Morgan fingerprint density at radius 1 is 1.46 bits per heavy atom. The Labute approximate surface area is 76.3 Å². The quantitative estimate of drug-likeness (QED) is 0.522. The zero-order valence-corrected chi connectivity index (χ0v) is 7.53. The van der Waals surface area contributed by atoms with E-state index in [-0.39, 0.29) is 5.78 Å². The van der Waals surface area contributed by atoms with Crippen LogP contribution >= 0.6 is 0 Å². The lowest BCUT2D eigenvalue weighted by molar-refractivity contribution is 0.101. The topological polar surface area (TPSA) is 43.4 Å². The molecule has 0 aliphatic heterocycles. The van der Waals surface area contributed by atoms with Crippen LogP contribution in [0.1, 0.15) is 27.6 Å². The van der Waals surface area contributed by atoms with Crippen molar-refractivity contribution in [2.24, 2.45) is 0 Å². The number of carbonyl (C=O) groups excluding carboxylic acids is 2. The van der Waals surface area contributed by atoms with Crippen molar-refractivity contribution in [3.63, 3.8) is 0 Å². The van der Waals surface area contributed by atoms with E-state index in [1.54, 1.807) is 12.1 Å². The number of methoxy groups -OCH3 is 1. The molecule has 0 N–H and O–H groups in total. The van der Waals surface area contributed by atoms with E-state index in [2.05, 4.69) is 0 Å². The molecule has 0 radical (unpaired) electrons. The first-order valence-corrected chi connectivity index (χ1v) is 3.83. The molecule has 0 bridgehead atoms. The summed E-state index contributed by atoms with van der Waals surface area (Å²) in [5, 5.41) is 0. The molecule has 0 atom stereocenters. The van der Waals surface area contributed by atoms with Gasteiger partial charge in [-0.1, -0.05) is 0 Å². The number of hydrogen-bond donors (Lipinski definition) is 0. The highest BCUT2D eigenvalue weighted by Crippen LogP contribution is 2.19. The molecule has 0 spiro atoms. The van der Waals surface area contributed by atoms with E-state index in [1.165, 1.54) is 20.1 Å². The Morgan fingerprint density at radius 2 is 2.15 bits per heavy atom. The van der Waals surface area contributed by atoms with Crippen molar-refractivity contribution < 1.29 is 14.3 Å². The van der Waals surface area contributed by atoms with Crippen molar-refractivity contribution in [1.82, 2.24) is 0 Å². The van der Waals surface area contributed by atoms with Gasteiger partial charge in [-0.05, 0) is 25.1 Å². The van der Waals surface area contributed by atoms with Crippen LogP contribution in [0.25, 0.3) is 0 Å². The summed E-state index contributed by atoms with van der Waals surface area (Å²) in [5.41, 5.74) is 0.915. The summed E-state index contributed by atoms with van der Waals surface area (Å²) in [6, 6.07) is 4.74. The van der Waals surface area contributed by atoms with Crippen molar-refractivity contribution in [3.8, 4) is 5.75 Å². The number of rotatable bonds is 3. The van der Waals surface area contributed by atoms with E-state index >= 15 is 0 Å². The molecule has 0 fully saturated rings. The first-order chi connectivity index (χ1) is 6.19. The Kier molecular flexibility index (Phi) is 2.80. The predicted octanol–water partition coefficient (Wildman–Crippen LogP) is 1.71. The molecular weight excluding hydrogens is 168 g/mol. The fourth-order valence-corrected chi connectivity index (χ4v) is 1.07. The molecule has 13 heavy (non-hydrogen) atoms. The number of benzene rings is 1. The summed E-state index contributed by atoms with van der Waals surface area (Å²) in [4.78, 5) is 21.5. The third-order valence-corrected chi connectivity index (χ3v) is 1.74. The summed E-state index contributed by atoms with van der Waals surface area (Å²) in [6.45, 7) is 1.44. The molecule has 0 unspecified atom stereocenters. The molecule has 0 amide bonds. The minimum absolute atomic E-state index is 0.111. The van der Waals surface area contributed by atoms with Crippen LogP contribution in [0.2, 0.25) is 0 Å². The average molecular weight is 178 g/mol. The Bertz CT molecular complexity index is 342. The van der Waals surface area contributed by atoms with Crippen molar-refractivity contribution in [2.45, 2.75) is 6.92 Å². The standard InChI is InChI=1S/C10H10O3/c1-7(12)9-5-8(6-11)3-4-10(9)13-2/h3-6H,1-2H3. The van der Waals surface area contributed by atoms with Gasteiger partial charge in [-0.25, -0.2) is 0 Å². The van der Waals surface area contributed by atoms with Crippen molar-refractivity contribution in [1.29, 1.82) is 0 Å². The molecule has 3 heteroatoms. The highest BCUT2D eigenvalue weighted by atomic mass is 16.5. The first-order valence-electron chi connectivity index (χ1n) is 3.83. The Morgan fingerprint density at radius 3 is 2.62 bits per heavy atom. The van der Waals surface area contributed by atoms with Gasteiger partial charge in [0.05, 0.1) is 12.7 Å². The second kappa shape index (κ2) is 3.85. The zero-order chi connectivity index (χ0) is 9.84. The number of aldehydes is 1. The average Bonchev–Trinajstić information content (AvgIpc) is 2.16. The second-order valence-electron chi connectivity index (χ2n) is 2.63. The van der Waals surface area contributed by atoms with Crippen LogP contribution in [0.4, 0.5) is 0 Å².